The van der Waals surface area contributed by atoms with Crippen LogP contribution in [0, 0.1) is 0 Å². The van der Waals surface area contributed by atoms with E-state index in [-0.39, 0.29) is 22.8 Å². The molecule has 0 N–H and O–H groups in total. The van der Waals surface area contributed by atoms with Crippen LogP contribution in [-0.4, -0.2) is 49.4 Å². The Labute approximate surface area is 172 Å². The summed E-state index contributed by atoms with van der Waals surface area (Å²) in [5, 5.41) is 0.926. The molecule has 2 fully saturated rings. The number of anilines is 1. The molecule has 4 rings (SSSR count). The molecule has 28 heavy (non-hydrogen) atoms. The van der Waals surface area contributed by atoms with Gasteiger partial charge in [0.25, 0.3) is 5.91 Å². The molecule has 6 nitrogen and oxygen atoms in total. The standard InChI is InChI=1S/C19H17ClN2O4S2/c1-26-15-4-2-3-12(9-15)18(23)21-19-22(14-7-5-13(20)6-8-14)16-10-28(24,25)11-17(16)27-19/h2-9,16-17H,10-11H2,1H3. The third-order valence-corrected chi connectivity index (χ3v) is 8.15. The number of amides is 1. The average molecular weight is 437 g/mol. The predicted octanol–water partition coefficient (Wildman–Crippen LogP) is 3.26. The number of rotatable bonds is 3. The summed E-state index contributed by atoms with van der Waals surface area (Å²) in [6, 6.07) is 13.6. The van der Waals surface area contributed by atoms with Crippen molar-refractivity contribution in [1.29, 1.82) is 0 Å². The van der Waals surface area contributed by atoms with Gasteiger partial charge in [0.2, 0.25) is 0 Å². The molecule has 0 aromatic heterocycles. The van der Waals surface area contributed by atoms with Crippen LogP contribution in [-0.2, 0) is 9.84 Å². The first-order valence-corrected chi connectivity index (χ1v) is 11.6. The van der Waals surface area contributed by atoms with Crippen LogP contribution in [0.5, 0.6) is 5.75 Å². The van der Waals surface area contributed by atoms with Gasteiger partial charge in [0, 0.05) is 21.5 Å². The Morgan fingerprint density at radius 3 is 2.68 bits per heavy atom. The second kappa shape index (κ2) is 7.42. The van der Waals surface area contributed by atoms with Crippen molar-refractivity contribution in [2.45, 2.75) is 11.3 Å². The highest BCUT2D eigenvalue weighted by molar-refractivity contribution is 8.16. The van der Waals surface area contributed by atoms with Gasteiger partial charge in [-0.05, 0) is 42.5 Å². The highest BCUT2D eigenvalue weighted by atomic mass is 35.5. The van der Waals surface area contributed by atoms with Gasteiger partial charge in [-0.25, -0.2) is 8.42 Å². The van der Waals surface area contributed by atoms with Crippen molar-refractivity contribution in [2.75, 3.05) is 23.5 Å². The summed E-state index contributed by atoms with van der Waals surface area (Å²) in [6.07, 6.45) is 0. The molecule has 146 valence electrons. The maximum Gasteiger partial charge on any atom is 0.279 e. The van der Waals surface area contributed by atoms with Gasteiger partial charge >= 0.3 is 0 Å². The quantitative estimate of drug-likeness (QED) is 0.735. The number of hydrogen-bond donors (Lipinski definition) is 0. The summed E-state index contributed by atoms with van der Waals surface area (Å²) in [5.74, 6) is 0.296. The van der Waals surface area contributed by atoms with E-state index in [1.54, 1.807) is 36.4 Å². The maximum atomic E-state index is 12.7. The van der Waals surface area contributed by atoms with Gasteiger partial charge < -0.3 is 9.64 Å². The van der Waals surface area contributed by atoms with E-state index in [4.69, 9.17) is 16.3 Å². The minimum Gasteiger partial charge on any atom is -0.497 e. The van der Waals surface area contributed by atoms with Gasteiger partial charge in [-0.2, -0.15) is 4.99 Å². The molecule has 1 amide bonds. The fourth-order valence-electron chi connectivity index (χ4n) is 3.38. The molecular formula is C19H17ClN2O4S2. The molecule has 0 bridgehead atoms. The molecule has 0 aliphatic carbocycles. The van der Waals surface area contributed by atoms with Gasteiger partial charge in [-0.3, -0.25) is 4.79 Å². The zero-order valence-electron chi connectivity index (χ0n) is 14.9. The Bertz CT molecular complexity index is 1050. The molecule has 9 heteroatoms. The third kappa shape index (κ3) is 3.76. The number of amidine groups is 1. The first-order valence-electron chi connectivity index (χ1n) is 8.55. The minimum atomic E-state index is -3.11. The van der Waals surface area contributed by atoms with Crippen molar-refractivity contribution >= 4 is 50.0 Å². The van der Waals surface area contributed by atoms with Crippen LogP contribution in [0.15, 0.2) is 53.5 Å². The van der Waals surface area contributed by atoms with E-state index in [0.29, 0.717) is 21.5 Å². The summed E-state index contributed by atoms with van der Waals surface area (Å²) in [5.41, 5.74) is 1.17. The van der Waals surface area contributed by atoms with Crippen molar-refractivity contribution in [3.05, 3.63) is 59.1 Å². The molecule has 2 aromatic rings. The van der Waals surface area contributed by atoms with Gasteiger partial charge in [0.05, 0.1) is 24.7 Å². The number of carbonyl (C=O) groups excluding carboxylic acids is 1. The number of nitrogens with zero attached hydrogens (tertiary/aromatic N) is 2. The van der Waals surface area contributed by atoms with Crippen molar-refractivity contribution < 1.29 is 17.9 Å². The zero-order valence-corrected chi connectivity index (χ0v) is 17.3. The first-order chi connectivity index (χ1) is 13.4. The van der Waals surface area contributed by atoms with Crippen LogP contribution < -0.4 is 9.64 Å². The molecule has 2 unspecified atom stereocenters. The summed E-state index contributed by atoms with van der Waals surface area (Å²) in [7, 11) is -1.58. The summed E-state index contributed by atoms with van der Waals surface area (Å²) in [6.45, 7) is 0. The molecule has 0 radical (unpaired) electrons. The van der Waals surface area contributed by atoms with Crippen LogP contribution in [0.3, 0.4) is 0 Å². The number of thioether (sulfide) groups is 1. The number of sulfone groups is 1. The van der Waals surface area contributed by atoms with Crippen LogP contribution in [0.4, 0.5) is 5.69 Å². The van der Waals surface area contributed by atoms with Crippen molar-refractivity contribution in [1.82, 2.24) is 0 Å². The number of aliphatic imine (C=N–C) groups is 1. The molecule has 0 spiro atoms. The molecular weight excluding hydrogens is 420 g/mol. The lowest BCUT2D eigenvalue weighted by Gasteiger charge is -2.24. The molecule has 2 saturated heterocycles. The molecule has 2 atom stereocenters. The second-order valence-corrected chi connectivity index (χ2v) is 10.4. The lowest BCUT2D eigenvalue weighted by molar-refractivity contribution is 0.100. The van der Waals surface area contributed by atoms with E-state index in [1.807, 2.05) is 17.0 Å². The highest BCUT2D eigenvalue weighted by Crippen LogP contribution is 2.41. The van der Waals surface area contributed by atoms with Crippen LogP contribution in [0.25, 0.3) is 0 Å². The lowest BCUT2D eigenvalue weighted by Crippen LogP contribution is -2.37. The number of methoxy groups -OCH3 is 1. The van der Waals surface area contributed by atoms with Crippen LogP contribution in [0.2, 0.25) is 5.02 Å². The Balaban J connectivity index is 1.71. The number of fused-ring (bicyclic) bond motifs is 1. The lowest BCUT2D eigenvalue weighted by atomic mass is 10.2. The maximum absolute atomic E-state index is 12.7. The van der Waals surface area contributed by atoms with Crippen molar-refractivity contribution in [3.8, 4) is 5.75 Å². The monoisotopic (exact) mass is 436 g/mol. The number of halogens is 1. The number of hydrogen-bond acceptors (Lipinski definition) is 5. The minimum absolute atomic E-state index is 0.0413. The number of carbonyl (C=O) groups is 1. The largest absolute Gasteiger partial charge is 0.497 e. The summed E-state index contributed by atoms with van der Waals surface area (Å²) >= 11 is 7.32. The normalized spacial score (nSPS) is 24.4. The van der Waals surface area contributed by atoms with E-state index >= 15 is 0 Å². The molecule has 2 aromatic carbocycles. The third-order valence-electron chi connectivity index (χ3n) is 4.69. The predicted molar refractivity (Wildman–Crippen MR) is 113 cm³/mol. The summed E-state index contributed by atoms with van der Waals surface area (Å²) in [4.78, 5) is 18.9. The van der Waals surface area contributed by atoms with Crippen LogP contribution >= 0.6 is 23.4 Å². The van der Waals surface area contributed by atoms with Gasteiger partial charge in [-0.15, -0.1) is 0 Å². The first kappa shape index (κ1) is 19.3. The van der Waals surface area contributed by atoms with E-state index < -0.39 is 15.7 Å². The molecule has 2 aliphatic rings. The molecule has 2 heterocycles. The SMILES string of the molecule is COc1cccc(C(=O)N=C2SC3CS(=O)(=O)CC3N2c2ccc(Cl)cc2)c1. The topological polar surface area (TPSA) is 76.0 Å². The van der Waals surface area contributed by atoms with Crippen LogP contribution in [0.1, 0.15) is 10.4 Å². The Morgan fingerprint density at radius 1 is 1.21 bits per heavy atom. The van der Waals surface area contributed by atoms with Gasteiger partial charge in [0.15, 0.2) is 15.0 Å². The number of ether oxygens (including phenoxy) is 1. The smallest absolute Gasteiger partial charge is 0.279 e. The fourth-order valence-corrected chi connectivity index (χ4v) is 7.41. The van der Waals surface area contributed by atoms with E-state index in [1.165, 1.54) is 18.9 Å². The molecule has 0 saturated carbocycles. The second-order valence-electron chi connectivity index (χ2n) is 6.58. The Morgan fingerprint density at radius 2 is 1.96 bits per heavy atom. The van der Waals surface area contributed by atoms with Crippen molar-refractivity contribution in [2.24, 2.45) is 4.99 Å². The van der Waals surface area contributed by atoms with Gasteiger partial charge in [0.1, 0.15) is 5.75 Å². The summed E-state index contributed by atoms with van der Waals surface area (Å²) < 4.78 is 29.4. The molecule has 2 aliphatic heterocycles. The van der Waals surface area contributed by atoms with Crippen molar-refractivity contribution in [3.63, 3.8) is 0 Å². The van der Waals surface area contributed by atoms with Gasteiger partial charge in [-0.1, -0.05) is 29.4 Å². The highest BCUT2D eigenvalue weighted by Gasteiger charge is 2.49. The Kier molecular flexibility index (Phi) is 5.11. The Hall–Kier alpha value is -2.03. The average Bonchev–Trinajstić information content (AvgIpc) is 3.13. The zero-order chi connectivity index (χ0) is 19.9. The van der Waals surface area contributed by atoms with E-state index in [2.05, 4.69) is 4.99 Å². The number of benzene rings is 2. The van der Waals surface area contributed by atoms with E-state index in [0.717, 1.165) is 5.69 Å². The fraction of sp³-hybridized carbons (Fsp3) is 0.263. The van der Waals surface area contributed by atoms with E-state index in [9.17, 15) is 13.2 Å².